The first-order valence-corrected chi connectivity index (χ1v) is 7.20. The number of aryl methyl sites for hydroxylation is 1. The molecule has 0 radical (unpaired) electrons. The molecule has 5 heteroatoms. The first kappa shape index (κ1) is 14.4. The molecule has 0 bridgehead atoms. The van der Waals surface area contributed by atoms with E-state index in [2.05, 4.69) is 0 Å². The van der Waals surface area contributed by atoms with Crippen LogP contribution >= 0.6 is 0 Å². The Bertz CT molecular complexity index is 662. The Kier molecular flexibility index (Phi) is 4.32. The fraction of sp³-hybridized carbons (Fsp3) is 0.133. The van der Waals surface area contributed by atoms with Crippen molar-refractivity contribution in [3.8, 4) is 11.1 Å². The molecule has 0 heterocycles. The molecule has 0 amide bonds. The predicted octanol–water partition coefficient (Wildman–Crippen LogP) is 2.74. The Morgan fingerprint density at radius 2 is 1.80 bits per heavy atom. The summed E-state index contributed by atoms with van der Waals surface area (Å²) in [7, 11) is 0. The average Bonchev–Trinajstić information content (AvgIpc) is 2.38. The first-order valence-electron chi connectivity index (χ1n) is 5.96. The molecule has 2 aromatic rings. The Hall–Kier alpha value is -1.98. The van der Waals surface area contributed by atoms with Crippen molar-refractivity contribution in [1.29, 1.82) is 0 Å². The average molecular weight is 289 g/mol. The Morgan fingerprint density at radius 3 is 2.35 bits per heavy atom. The van der Waals surface area contributed by atoms with Crippen molar-refractivity contribution in [2.45, 2.75) is 12.7 Å². The third kappa shape index (κ3) is 3.53. The van der Waals surface area contributed by atoms with Gasteiger partial charge < -0.3 is 9.66 Å². The van der Waals surface area contributed by atoms with Crippen molar-refractivity contribution in [3.05, 3.63) is 59.2 Å². The van der Waals surface area contributed by atoms with Crippen LogP contribution in [0.4, 0.5) is 0 Å². The standard InChI is InChI=1S/C15H14O4S/c1-10-2-4-12(5-3-10)13-6-11(9-20(18)19)7-14(8-13)15(16)17/h2-8H,9H2,1H3,(H,16,17)(H,18,19)/p-1. The van der Waals surface area contributed by atoms with Crippen LogP contribution in [0.5, 0.6) is 0 Å². The predicted molar refractivity (Wildman–Crippen MR) is 76.2 cm³/mol. The summed E-state index contributed by atoms with van der Waals surface area (Å²) in [5, 5.41) is 9.10. The van der Waals surface area contributed by atoms with Crippen LogP contribution in [0.15, 0.2) is 42.5 Å². The van der Waals surface area contributed by atoms with E-state index in [1.807, 2.05) is 31.2 Å². The molecule has 0 saturated carbocycles. The van der Waals surface area contributed by atoms with Crippen LogP contribution in [-0.4, -0.2) is 19.8 Å². The van der Waals surface area contributed by atoms with Gasteiger partial charge in [-0.3, -0.25) is 4.21 Å². The number of carboxylic acids is 1. The molecule has 2 aromatic carbocycles. The van der Waals surface area contributed by atoms with Crippen LogP contribution in [-0.2, 0) is 16.8 Å². The quantitative estimate of drug-likeness (QED) is 0.878. The molecule has 0 spiro atoms. The minimum absolute atomic E-state index is 0.0866. The highest BCUT2D eigenvalue weighted by Crippen LogP contribution is 2.23. The van der Waals surface area contributed by atoms with Gasteiger partial charge >= 0.3 is 5.97 Å². The summed E-state index contributed by atoms with van der Waals surface area (Å²) >= 11 is -2.25. The third-order valence-corrected chi connectivity index (χ3v) is 3.48. The molecular weight excluding hydrogens is 276 g/mol. The van der Waals surface area contributed by atoms with Crippen molar-refractivity contribution < 1.29 is 18.7 Å². The maximum Gasteiger partial charge on any atom is 0.335 e. The minimum atomic E-state index is -2.25. The van der Waals surface area contributed by atoms with Gasteiger partial charge in [0.15, 0.2) is 0 Å². The zero-order valence-corrected chi connectivity index (χ0v) is 11.6. The van der Waals surface area contributed by atoms with E-state index < -0.39 is 17.0 Å². The SMILES string of the molecule is Cc1ccc(-c2cc(CS(=O)[O-])cc(C(=O)O)c2)cc1. The van der Waals surface area contributed by atoms with Crippen molar-refractivity contribution in [2.24, 2.45) is 0 Å². The number of benzene rings is 2. The number of hydrogen-bond donors (Lipinski definition) is 1. The molecule has 0 aromatic heterocycles. The Balaban J connectivity index is 2.51. The molecule has 4 nitrogen and oxygen atoms in total. The number of carboxylic acid groups (broad SMARTS) is 1. The topological polar surface area (TPSA) is 77.4 Å². The van der Waals surface area contributed by atoms with Crippen molar-refractivity contribution in [1.82, 2.24) is 0 Å². The van der Waals surface area contributed by atoms with Crippen LogP contribution in [0.3, 0.4) is 0 Å². The molecule has 1 N–H and O–H groups in total. The highest BCUT2D eigenvalue weighted by Gasteiger charge is 2.08. The lowest BCUT2D eigenvalue weighted by atomic mass is 9.99. The van der Waals surface area contributed by atoms with Crippen molar-refractivity contribution in [2.75, 3.05) is 0 Å². The monoisotopic (exact) mass is 289 g/mol. The second-order valence-corrected chi connectivity index (χ2v) is 5.43. The third-order valence-electron chi connectivity index (χ3n) is 2.91. The number of carbonyl (C=O) groups is 1. The number of aromatic carboxylic acids is 1. The largest absolute Gasteiger partial charge is 0.772 e. The molecule has 104 valence electrons. The lowest BCUT2D eigenvalue weighted by Gasteiger charge is -2.10. The van der Waals surface area contributed by atoms with E-state index in [-0.39, 0.29) is 11.3 Å². The zero-order chi connectivity index (χ0) is 14.7. The molecule has 0 aliphatic carbocycles. The van der Waals surface area contributed by atoms with Crippen LogP contribution < -0.4 is 0 Å². The lowest BCUT2D eigenvalue weighted by Crippen LogP contribution is -2.01. The highest BCUT2D eigenvalue weighted by atomic mass is 32.2. The molecule has 1 atom stereocenters. The van der Waals surface area contributed by atoms with Gasteiger partial charge in [-0.25, -0.2) is 4.79 Å². The van der Waals surface area contributed by atoms with Gasteiger partial charge in [-0.1, -0.05) is 47.0 Å². The van der Waals surface area contributed by atoms with E-state index in [4.69, 9.17) is 5.11 Å². The lowest BCUT2D eigenvalue weighted by molar-refractivity contribution is 0.0697. The summed E-state index contributed by atoms with van der Waals surface area (Å²) in [6.07, 6.45) is 0. The van der Waals surface area contributed by atoms with E-state index in [1.54, 1.807) is 12.1 Å². The summed E-state index contributed by atoms with van der Waals surface area (Å²) in [6, 6.07) is 12.2. The van der Waals surface area contributed by atoms with E-state index >= 15 is 0 Å². The van der Waals surface area contributed by atoms with Crippen LogP contribution in [0.1, 0.15) is 21.5 Å². The van der Waals surface area contributed by atoms with Crippen molar-refractivity contribution >= 4 is 17.0 Å². The van der Waals surface area contributed by atoms with E-state index in [1.165, 1.54) is 6.07 Å². The fourth-order valence-electron chi connectivity index (χ4n) is 1.95. The summed E-state index contributed by atoms with van der Waals surface area (Å²) in [6.45, 7) is 1.96. The van der Waals surface area contributed by atoms with E-state index in [9.17, 15) is 13.6 Å². The molecule has 0 aliphatic rings. The van der Waals surface area contributed by atoms with Crippen LogP contribution in [0.2, 0.25) is 0 Å². The van der Waals surface area contributed by atoms with Gasteiger partial charge in [0.05, 0.1) is 5.56 Å². The molecule has 0 saturated heterocycles. The minimum Gasteiger partial charge on any atom is -0.772 e. The summed E-state index contributed by atoms with van der Waals surface area (Å²) in [5.74, 6) is -1.27. The molecule has 1 unspecified atom stereocenters. The van der Waals surface area contributed by atoms with Crippen LogP contribution in [0.25, 0.3) is 11.1 Å². The van der Waals surface area contributed by atoms with Gasteiger partial charge in [-0.05, 0) is 35.7 Å². The fourth-order valence-corrected chi connectivity index (χ4v) is 2.39. The van der Waals surface area contributed by atoms with E-state index in [0.717, 1.165) is 11.1 Å². The Labute approximate surface area is 119 Å². The van der Waals surface area contributed by atoms with Crippen LogP contribution in [0, 0.1) is 6.92 Å². The van der Waals surface area contributed by atoms with Gasteiger partial charge in [0, 0.05) is 5.75 Å². The highest BCUT2D eigenvalue weighted by molar-refractivity contribution is 7.78. The maximum atomic E-state index is 11.1. The molecule has 2 rings (SSSR count). The van der Waals surface area contributed by atoms with E-state index in [0.29, 0.717) is 11.1 Å². The van der Waals surface area contributed by atoms with Crippen molar-refractivity contribution in [3.63, 3.8) is 0 Å². The van der Waals surface area contributed by atoms with Gasteiger partial charge in [-0.15, -0.1) is 0 Å². The van der Waals surface area contributed by atoms with Gasteiger partial charge in [-0.2, -0.15) is 0 Å². The smallest absolute Gasteiger partial charge is 0.335 e. The summed E-state index contributed by atoms with van der Waals surface area (Å²) in [5.41, 5.74) is 3.21. The molecule has 0 fully saturated rings. The molecular formula is C15H13O4S-. The zero-order valence-electron chi connectivity index (χ0n) is 10.8. The van der Waals surface area contributed by atoms with Gasteiger partial charge in [0.25, 0.3) is 0 Å². The van der Waals surface area contributed by atoms with Gasteiger partial charge in [0.1, 0.15) is 0 Å². The Morgan fingerprint density at radius 1 is 1.15 bits per heavy atom. The number of hydrogen-bond acceptors (Lipinski definition) is 3. The first-order chi connectivity index (χ1) is 9.45. The van der Waals surface area contributed by atoms with Gasteiger partial charge in [0.2, 0.25) is 0 Å². The second kappa shape index (κ2) is 5.98. The summed E-state index contributed by atoms with van der Waals surface area (Å²) < 4.78 is 21.6. The maximum absolute atomic E-state index is 11.1. The summed E-state index contributed by atoms with van der Waals surface area (Å²) in [4.78, 5) is 11.1. The number of rotatable bonds is 4. The second-order valence-electron chi connectivity index (χ2n) is 4.54. The normalized spacial score (nSPS) is 12.1. The molecule has 0 aliphatic heterocycles. The molecule has 20 heavy (non-hydrogen) atoms.